The number of carbonyl (C=O) groups excluding carboxylic acids is 4. The zero-order valence-electron chi connectivity index (χ0n) is 21.4. The second kappa shape index (κ2) is 16.4. The van der Waals surface area contributed by atoms with Gasteiger partial charge in [0.2, 0.25) is 23.6 Å². The van der Waals surface area contributed by atoms with Crippen molar-refractivity contribution in [3.63, 3.8) is 0 Å². The molecule has 0 radical (unpaired) electrons. The average molecular weight is 592 g/mol. The zero-order chi connectivity index (χ0) is 29.7. The van der Waals surface area contributed by atoms with Crippen LogP contribution in [-0.2, 0) is 36.8 Å². The number of hydrogen-bond acceptors (Lipinski definition) is 9. The number of amides is 4. The van der Waals surface area contributed by atoms with Crippen LogP contribution in [0.3, 0.4) is 0 Å². The quantitative estimate of drug-likeness (QED) is 0.118. The van der Waals surface area contributed by atoms with Crippen LogP contribution in [0.15, 0.2) is 54.6 Å². The van der Waals surface area contributed by atoms with Gasteiger partial charge in [-0.15, -0.1) is 0 Å². The number of carboxylic acid groups (broad SMARTS) is 1. The van der Waals surface area contributed by atoms with Crippen molar-refractivity contribution in [2.75, 3.05) is 18.1 Å². The van der Waals surface area contributed by atoms with Crippen LogP contribution in [0.4, 0.5) is 0 Å². The number of thiol groups is 2. The fourth-order valence-corrected chi connectivity index (χ4v) is 4.01. The van der Waals surface area contributed by atoms with Gasteiger partial charge in [0, 0.05) is 17.9 Å². The fraction of sp³-hybridized carbons (Fsp3) is 0.346. The molecule has 12 nitrogen and oxygen atoms in total. The molecule has 216 valence electrons. The van der Waals surface area contributed by atoms with Crippen molar-refractivity contribution in [3.8, 4) is 5.75 Å². The summed E-state index contributed by atoms with van der Waals surface area (Å²) in [5.41, 5.74) is 7.37. The summed E-state index contributed by atoms with van der Waals surface area (Å²) in [6.45, 7) is -0.522. The minimum atomic E-state index is -1.27. The van der Waals surface area contributed by atoms with Gasteiger partial charge in [-0.05, 0) is 29.7 Å². The number of aliphatic carboxylic acids is 1. The zero-order valence-corrected chi connectivity index (χ0v) is 23.2. The third kappa shape index (κ3) is 10.8. The molecule has 0 bridgehead atoms. The van der Waals surface area contributed by atoms with E-state index in [0.717, 1.165) is 0 Å². The highest BCUT2D eigenvalue weighted by Gasteiger charge is 2.27. The molecule has 2 aromatic rings. The molecule has 0 spiro atoms. The number of benzene rings is 2. The molecular weight excluding hydrogens is 558 g/mol. The molecule has 0 fully saturated rings. The minimum Gasteiger partial charge on any atom is -0.508 e. The largest absolute Gasteiger partial charge is 0.508 e. The topological polar surface area (TPSA) is 200 Å². The molecule has 2 rings (SSSR count). The predicted molar refractivity (Wildman–Crippen MR) is 154 cm³/mol. The Bertz CT molecular complexity index is 1170. The number of phenolic OH excluding ortho intramolecular Hbond substituents is 1. The summed E-state index contributed by atoms with van der Waals surface area (Å²) in [4.78, 5) is 61.9. The Morgan fingerprint density at radius 1 is 0.725 bits per heavy atom. The predicted octanol–water partition coefficient (Wildman–Crippen LogP) is -0.980. The third-order valence-corrected chi connectivity index (χ3v) is 6.43. The number of carboxylic acids is 1. The fourth-order valence-electron chi connectivity index (χ4n) is 3.50. The van der Waals surface area contributed by atoms with Gasteiger partial charge in [-0.25, -0.2) is 4.79 Å². The molecule has 0 aliphatic carbocycles. The Labute approximate surface area is 242 Å². The highest BCUT2D eigenvalue weighted by Crippen LogP contribution is 2.11. The maximum Gasteiger partial charge on any atom is 0.327 e. The van der Waals surface area contributed by atoms with Crippen LogP contribution < -0.4 is 27.0 Å². The normalized spacial score (nSPS) is 13.7. The number of nitrogens with two attached hydrogens (primary N) is 1. The summed E-state index contributed by atoms with van der Waals surface area (Å²) in [6, 6.07) is 10.5. The average Bonchev–Trinajstić information content (AvgIpc) is 2.94. The number of rotatable bonds is 15. The van der Waals surface area contributed by atoms with Gasteiger partial charge in [-0.2, -0.15) is 25.3 Å². The first kappa shape index (κ1) is 32.5. The first-order chi connectivity index (χ1) is 19.0. The number of aromatic hydroxyl groups is 1. The molecule has 0 aromatic heterocycles. The van der Waals surface area contributed by atoms with Crippen molar-refractivity contribution in [1.29, 1.82) is 0 Å². The molecule has 0 heterocycles. The molecule has 0 unspecified atom stereocenters. The van der Waals surface area contributed by atoms with Gasteiger partial charge in [0.05, 0.1) is 12.6 Å². The van der Waals surface area contributed by atoms with Gasteiger partial charge >= 0.3 is 5.97 Å². The van der Waals surface area contributed by atoms with Crippen molar-refractivity contribution < 1.29 is 34.2 Å². The maximum absolute atomic E-state index is 12.8. The lowest BCUT2D eigenvalue weighted by atomic mass is 10.0. The Balaban J connectivity index is 1.95. The van der Waals surface area contributed by atoms with E-state index in [-0.39, 0.29) is 30.1 Å². The van der Waals surface area contributed by atoms with Crippen molar-refractivity contribution in [2.24, 2.45) is 5.73 Å². The molecule has 2 aromatic carbocycles. The minimum absolute atomic E-state index is 0.0690. The maximum atomic E-state index is 12.8. The Hall–Kier alpha value is -3.75. The Morgan fingerprint density at radius 2 is 1.30 bits per heavy atom. The van der Waals surface area contributed by atoms with Crippen LogP contribution in [0, 0.1) is 0 Å². The molecule has 4 atom stereocenters. The van der Waals surface area contributed by atoms with Crippen molar-refractivity contribution >= 4 is 54.9 Å². The molecule has 0 aliphatic rings. The molecule has 4 amide bonds. The molecule has 0 aliphatic heterocycles. The summed E-state index contributed by atoms with van der Waals surface area (Å²) in [5, 5.41) is 28.3. The third-order valence-electron chi connectivity index (χ3n) is 5.70. The Kier molecular flexibility index (Phi) is 13.3. The molecule has 0 saturated carbocycles. The first-order valence-electron chi connectivity index (χ1n) is 12.2. The smallest absolute Gasteiger partial charge is 0.327 e. The second-order valence-electron chi connectivity index (χ2n) is 8.83. The lowest BCUT2D eigenvalue weighted by molar-refractivity contribution is -0.141. The monoisotopic (exact) mass is 591 g/mol. The van der Waals surface area contributed by atoms with Gasteiger partial charge in [0.1, 0.15) is 23.9 Å². The highest BCUT2D eigenvalue weighted by molar-refractivity contribution is 7.80. The van der Waals surface area contributed by atoms with Crippen molar-refractivity contribution in [2.45, 2.75) is 37.0 Å². The van der Waals surface area contributed by atoms with Gasteiger partial charge in [0.25, 0.3) is 0 Å². The number of phenols is 1. The lowest BCUT2D eigenvalue weighted by Gasteiger charge is -2.22. The SMILES string of the molecule is N[C@@H](Cc1ccc(O)cc1)C(=O)N[C@H](CS)C(=O)NCC(=O)N[C@@H](Cc1ccccc1)C(=O)N[C@@H](CS)C(=O)O. The summed E-state index contributed by atoms with van der Waals surface area (Å²) in [6.07, 6.45) is 0.232. The van der Waals surface area contributed by atoms with Crippen LogP contribution in [0.1, 0.15) is 11.1 Å². The van der Waals surface area contributed by atoms with E-state index in [4.69, 9.17) is 5.73 Å². The van der Waals surface area contributed by atoms with E-state index >= 15 is 0 Å². The van der Waals surface area contributed by atoms with E-state index in [2.05, 4.69) is 46.5 Å². The van der Waals surface area contributed by atoms with Crippen LogP contribution in [0.25, 0.3) is 0 Å². The lowest BCUT2D eigenvalue weighted by Crippen LogP contribution is -2.56. The van der Waals surface area contributed by atoms with Crippen LogP contribution >= 0.6 is 25.3 Å². The van der Waals surface area contributed by atoms with E-state index in [1.807, 2.05) is 0 Å². The van der Waals surface area contributed by atoms with Crippen LogP contribution in [0.5, 0.6) is 5.75 Å². The number of carbonyl (C=O) groups is 5. The number of nitrogens with one attached hydrogen (secondary N) is 4. The van der Waals surface area contributed by atoms with Crippen LogP contribution in [-0.4, -0.2) is 82.0 Å². The van der Waals surface area contributed by atoms with Crippen molar-refractivity contribution in [3.05, 3.63) is 65.7 Å². The van der Waals surface area contributed by atoms with E-state index in [9.17, 15) is 34.2 Å². The molecular formula is C26H33N5O7S2. The molecule has 8 N–H and O–H groups in total. The number of hydrogen-bond donors (Lipinski definition) is 9. The van der Waals surface area contributed by atoms with Crippen LogP contribution in [0.2, 0.25) is 0 Å². The van der Waals surface area contributed by atoms with E-state index in [1.54, 1.807) is 42.5 Å². The van der Waals surface area contributed by atoms with Gasteiger partial charge in [-0.3, -0.25) is 19.2 Å². The van der Waals surface area contributed by atoms with E-state index in [1.165, 1.54) is 12.1 Å². The first-order valence-corrected chi connectivity index (χ1v) is 13.5. The second-order valence-corrected chi connectivity index (χ2v) is 9.56. The standard InChI is InChI=1S/C26H33N5O7S2/c27-18(10-16-6-8-17(32)9-7-16)23(34)30-20(13-39)24(35)28-12-22(33)29-19(11-15-4-2-1-3-5-15)25(36)31-21(14-40)26(37)38/h1-9,18-21,32,39-40H,10-14,27H2,(H,28,35)(H,29,33)(H,30,34)(H,31,36)(H,37,38)/t18-,19-,20+,21-/m0/s1. The molecule has 0 saturated heterocycles. The van der Waals surface area contributed by atoms with Gasteiger partial charge in [-0.1, -0.05) is 42.5 Å². The summed E-state index contributed by atoms with van der Waals surface area (Å²) in [5.74, 6) is -4.18. The molecule has 40 heavy (non-hydrogen) atoms. The van der Waals surface area contributed by atoms with Crippen molar-refractivity contribution in [1.82, 2.24) is 21.3 Å². The van der Waals surface area contributed by atoms with Gasteiger partial charge in [0.15, 0.2) is 0 Å². The highest BCUT2D eigenvalue weighted by atomic mass is 32.1. The van der Waals surface area contributed by atoms with E-state index in [0.29, 0.717) is 11.1 Å². The summed E-state index contributed by atoms with van der Waals surface area (Å²) in [7, 11) is 0. The summed E-state index contributed by atoms with van der Waals surface area (Å²) >= 11 is 8.03. The Morgan fingerprint density at radius 3 is 1.88 bits per heavy atom. The summed E-state index contributed by atoms with van der Waals surface area (Å²) < 4.78 is 0. The molecule has 14 heteroatoms. The van der Waals surface area contributed by atoms with E-state index < -0.39 is 60.3 Å². The van der Waals surface area contributed by atoms with Gasteiger partial charge < -0.3 is 37.2 Å².